The summed E-state index contributed by atoms with van der Waals surface area (Å²) in [5, 5.41) is 41.4. The highest BCUT2D eigenvalue weighted by Gasteiger charge is 2.33. The van der Waals surface area contributed by atoms with Crippen LogP contribution in [0.3, 0.4) is 0 Å². The molecule has 17 rings (SSSR count). The number of aryl methyl sites for hydroxylation is 6. The van der Waals surface area contributed by atoms with Gasteiger partial charge in [-0.25, -0.2) is 30.7 Å². The van der Waals surface area contributed by atoms with E-state index in [-0.39, 0.29) is 116 Å². The van der Waals surface area contributed by atoms with E-state index < -0.39 is 23.9 Å². The van der Waals surface area contributed by atoms with E-state index >= 15 is 0 Å². The molecule has 682 valence electrons. The van der Waals surface area contributed by atoms with Crippen LogP contribution in [0, 0.1) is 89.2 Å². The number of nitrogens with zero attached hydrogens (tertiary/aromatic N) is 9. The van der Waals surface area contributed by atoms with Crippen LogP contribution in [-0.4, -0.2) is 157 Å². The fraction of sp³-hybridized carbons (Fsp3) is 0.327. The predicted octanol–water partition coefficient (Wildman–Crippen LogP) is 19.8. The van der Waals surface area contributed by atoms with E-state index in [0.717, 1.165) is 137 Å². The summed E-state index contributed by atoms with van der Waals surface area (Å²) in [6.07, 6.45) is 10.2. The number of carbonyl (C=O) groups is 7. The predicted molar refractivity (Wildman–Crippen MR) is 491 cm³/mol. The van der Waals surface area contributed by atoms with Gasteiger partial charge in [-0.2, -0.15) is 0 Å². The summed E-state index contributed by atoms with van der Waals surface area (Å²) < 4.78 is 105. The lowest BCUT2D eigenvalue weighted by molar-refractivity contribution is -0.138. The average Bonchev–Trinajstić information content (AvgIpc) is 1.62. The summed E-state index contributed by atoms with van der Waals surface area (Å²) in [6, 6.07) is 45.3. The number of halogens is 7. The molecule has 27 heteroatoms. The number of carboxylic acid groups (broad SMARTS) is 4. The van der Waals surface area contributed by atoms with Gasteiger partial charge >= 0.3 is 23.9 Å². The highest BCUT2D eigenvalue weighted by Crippen LogP contribution is 2.43. The van der Waals surface area contributed by atoms with Gasteiger partial charge in [0, 0.05) is 161 Å². The van der Waals surface area contributed by atoms with Crippen LogP contribution in [0.4, 0.5) is 30.7 Å². The van der Waals surface area contributed by atoms with Gasteiger partial charge in [0.15, 0.2) is 0 Å². The molecule has 3 amide bonds. The number of fused-ring (bicyclic) bond motifs is 5. The van der Waals surface area contributed by atoms with Gasteiger partial charge in [0.1, 0.15) is 66.9 Å². The van der Waals surface area contributed by atoms with Crippen molar-refractivity contribution in [3.8, 4) is 0 Å². The van der Waals surface area contributed by atoms with Gasteiger partial charge < -0.3 is 53.4 Å². The molecule has 0 spiro atoms. The minimum atomic E-state index is -0.967. The first-order chi connectivity index (χ1) is 62.7. The number of amides is 3. The van der Waals surface area contributed by atoms with E-state index in [1.54, 1.807) is 65.6 Å². The molecule has 0 aliphatic carbocycles. The molecule has 2 fully saturated rings. The molecule has 4 aliphatic heterocycles. The molecule has 13 aromatic rings. The van der Waals surface area contributed by atoms with Gasteiger partial charge in [0.2, 0.25) is 17.7 Å². The van der Waals surface area contributed by atoms with Crippen molar-refractivity contribution in [2.75, 3.05) is 52.4 Å². The maximum atomic E-state index is 14.1. The first-order valence-corrected chi connectivity index (χ1v) is 44.3. The molecule has 20 nitrogen and oxygen atoms in total. The van der Waals surface area contributed by atoms with Crippen molar-refractivity contribution < 1.29 is 84.7 Å². The fourth-order valence-electron chi connectivity index (χ4n) is 19.3. The summed E-state index contributed by atoms with van der Waals surface area (Å²) in [5.74, 6) is -5.82. The first-order valence-electron chi connectivity index (χ1n) is 44.3. The summed E-state index contributed by atoms with van der Waals surface area (Å²) >= 11 is 0. The molecule has 4 N–H and O–H groups in total. The van der Waals surface area contributed by atoms with Gasteiger partial charge in [-0.3, -0.25) is 43.4 Å². The number of piperidine rings is 2. The standard InChI is InChI=1S/2C26H28F2N2O3.C26H26F2N2O3.C26H24FN3O2/c3*1-16-3-4-18(22(28)13-16)5-8-24(31)29-11-9-19(10-12-29)26-17(2)30(15-25(32)33)23-7-6-20(27)14-21(23)26;1-17-26(22-14-20(27)7-9-24(22)30(17)16-25(31)32)19-10-12-29(13-11-19)15-21-8-6-18-4-2-3-5-23(18)28-21/h2*3-4,6-7,13-14,19H,5,8-12,15H2,1-2H3,(H,32,33);3-4,6-7,9,13-14H,5,8,10-12,15H2,1-2H3,(H,32,33);2-10,14H,11-13,15-16H2,1H3,(H,31,32). The molecule has 2 saturated heterocycles. The third-order valence-electron chi connectivity index (χ3n) is 25.9. The topological polar surface area (TPSA) is 246 Å². The summed E-state index contributed by atoms with van der Waals surface area (Å²) in [6.45, 7) is 17.9. The third kappa shape index (κ3) is 21.9. The Kier molecular flexibility index (Phi) is 29.4. The Morgan fingerprint density at radius 2 is 0.718 bits per heavy atom. The molecule has 0 radical (unpaired) electrons. The van der Waals surface area contributed by atoms with Crippen LogP contribution in [0.1, 0.15) is 154 Å². The number of likely N-dealkylation sites (tertiary alicyclic amines) is 2. The zero-order chi connectivity index (χ0) is 93.3. The van der Waals surface area contributed by atoms with Crippen LogP contribution in [0.15, 0.2) is 176 Å². The first kappa shape index (κ1) is 93.7. The molecule has 0 saturated carbocycles. The number of carboxylic acids is 4. The summed E-state index contributed by atoms with van der Waals surface area (Å²) in [5.41, 5.74) is 18.2. The second kappa shape index (κ2) is 41.1. The van der Waals surface area contributed by atoms with E-state index in [4.69, 9.17) is 4.98 Å². The minimum absolute atomic E-state index is 0.00416. The van der Waals surface area contributed by atoms with E-state index in [0.29, 0.717) is 129 Å². The highest BCUT2D eigenvalue weighted by molar-refractivity contribution is 5.98. The van der Waals surface area contributed by atoms with Crippen molar-refractivity contribution in [3.63, 3.8) is 0 Å². The monoisotopic (exact) mass is 1790 g/mol. The van der Waals surface area contributed by atoms with Crippen LogP contribution in [0.2, 0.25) is 0 Å². The zero-order valence-corrected chi connectivity index (χ0v) is 74.4. The van der Waals surface area contributed by atoms with Crippen LogP contribution in [0.5, 0.6) is 0 Å². The van der Waals surface area contributed by atoms with E-state index in [1.807, 2.05) is 101 Å². The Hall–Kier alpha value is -13.4. The molecule has 8 aromatic carbocycles. The number of benzene rings is 8. The average molecular weight is 1790 g/mol. The largest absolute Gasteiger partial charge is 0.480 e. The Morgan fingerprint density at radius 1 is 0.366 bits per heavy atom. The number of hydrogen-bond acceptors (Lipinski definition) is 9. The molecule has 0 bridgehead atoms. The van der Waals surface area contributed by atoms with Crippen LogP contribution in [-0.2, 0) is 85.5 Å². The van der Waals surface area contributed by atoms with Crippen LogP contribution >= 0.6 is 0 Å². The maximum absolute atomic E-state index is 14.1. The molecule has 9 heterocycles. The molecule has 0 atom stereocenters. The quantitative estimate of drug-likeness (QED) is 0.0436. The Bertz CT molecular complexity index is 6450. The van der Waals surface area contributed by atoms with Gasteiger partial charge in [0.25, 0.3) is 0 Å². The molecule has 0 unspecified atom stereocenters. The van der Waals surface area contributed by atoms with Crippen molar-refractivity contribution in [2.45, 2.75) is 170 Å². The minimum Gasteiger partial charge on any atom is -0.480 e. The van der Waals surface area contributed by atoms with Crippen LogP contribution in [0.25, 0.3) is 65.7 Å². The van der Waals surface area contributed by atoms with Crippen molar-refractivity contribution in [2.24, 2.45) is 0 Å². The van der Waals surface area contributed by atoms with E-state index in [9.17, 15) is 84.7 Å². The molecule has 5 aromatic heterocycles. The highest BCUT2D eigenvalue weighted by atomic mass is 19.2. The second-order valence-electron chi connectivity index (χ2n) is 34.6. The third-order valence-corrected chi connectivity index (χ3v) is 25.9. The number of aromatic nitrogens is 5. The Labute approximate surface area is 754 Å². The van der Waals surface area contributed by atoms with Crippen molar-refractivity contribution in [3.05, 3.63) is 301 Å². The number of rotatable bonds is 23. The van der Waals surface area contributed by atoms with Gasteiger partial charge in [0.05, 0.1) is 11.2 Å². The number of hydrogen-bond donors (Lipinski definition) is 4. The Balaban J connectivity index is 0.000000141. The lowest BCUT2D eigenvalue weighted by atomic mass is 9.87. The molecular weight excluding hydrogens is 1680 g/mol. The molecule has 4 aliphatic rings. The van der Waals surface area contributed by atoms with Crippen molar-refractivity contribution in [1.82, 2.24) is 42.9 Å². The summed E-state index contributed by atoms with van der Waals surface area (Å²) in [7, 11) is 0. The fourth-order valence-corrected chi connectivity index (χ4v) is 19.3. The van der Waals surface area contributed by atoms with Gasteiger partial charge in [-0.05, 0) is 277 Å². The smallest absolute Gasteiger partial charge is 0.323 e. The SMILES string of the molecule is Cc1c(C2=CCN(Cc3ccc4ccccc4n3)CC2)c2cc(F)ccc2n1CC(=O)O.Cc1ccc(CCC(=O)N2CC=C(c3c(C)n(CC(=O)O)c4ccc(F)cc34)CC2)c(F)c1.Cc1ccc(CCC(=O)N2CCC(c3c(C)n(CC(=O)O)c4ccc(F)cc34)CC2)c(F)c1.Cc1ccc(CCC(=O)N2CCC(c3c(C)n(CC(=O)O)c4ccc(F)cc34)CC2)c(F)c1. The number of pyridine rings is 1. The van der Waals surface area contributed by atoms with Crippen molar-refractivity contribution in [1.29, 1.82) is 0 Å². The summed E-state index contributed by atoms with van der Waals surface area (Å²) in [4.78, 5) is 96.1. The van der Waals surface area contributed by atoms with Gasteiger partial charge in [-0.1, -0.05) is 72.8 Å². The zero-order valence-electron chi connectivity index (χ0n) is 74.4. The van der Waals surface area contributed by atoms with Crippen molar-refractivity contribution >= 4 is 107 Å². The van der Waals surface area contributed by atoms with Gasteiger partial charge in [-0.15, -0.1) is 0 Å². The maximum Gasteiger partial charge on any atom is 0.323 e. The lowest BCUT2D eigenvalue weighted by Crippen LogP contribution is -2.38. The second-order valence-corrected chi connectivity index (χ2v) is 34.6. The number of aliphatic carboxylic acids is 4. The Morgan fingerprint density at radius 3 is 1.08 bits per heavy atom. The molecular formula is C104H106F7N9O11. The van der Waals surface area contributed by atoms with E-state index in [1.165, 1.54) is 66.7 Å². The van der Waals surface area contributed by atoms with Crippen LogP contribution < -0.4 is 0 Å². The normalized spacial score (nSPS) is 14.5. The molecule has 131 heavy (non-hydrogen) atoms. The number of para-hydroxylation sites is 1. The lowest BCUT2D eigenvalue weighted by Gasteiger charge is -2.32. The number of carbonyl (C=O) groups excluding carboxylic acids is 3. The van der Waals surface area contributed by atoms with E-state index in [2.05, 4.69) is 29.2 Å².